The Balaban J connectivity index is 0.000000133. The Morgan fingerprint density at radius 1 is 0.495 bits per heavy atom. The van der Waals surface area contributed by atoms with Crippen molar-refractivity contribution in [1.82, 2.24) is 75.8 Å². The van der Waals surface area contributed by atoms with Crippen molar-refractivity contribution in [2.75, 3.05) is 0 Å². The van der Waals surface area contributed by atoms with E-state index < -0.39 is 12.7 Å². The predicted molar refractivity (Wildman–Crippen MR) is 315 cm³/mol. The number of hydrogen-bond donors (Lipinski definition) is 1. The molecular weight excluding hydrogens is 1220 g/mol. The first kappa shape index (κ1) is 62.0. The lowest BCUT2D eigenvalue weighted by Gasteiger charge is -2.09. The van der Waals surface area contributed by atoms with E-state index in [0.29, 0.717) is 108 Å². The molecule has 3 aliphatic rings. The maximum atomic E-state index is 12.9. The fourth-order valence-corrected chi connectivity index (χ4v) is 9.18. The van der Waals surface area contributed by atoms with Gasteiger partial charge in [0.25, 0.3) is 16.7 Å². The second kappa shape index (κ2) is 26.2. The lowest BCUT2D eigenvalue weighted by molar-refractivity contribution is -0.275. The first-order chi connectivity index (χ1) is 43.3. The summed E-state index contributed by atoms with van der Waals surface area (Å²) in [5.41, 5.74) is 6.21. The number of fused-ring (bicyclic) bond motifs is 3. The molecule has 6 heterocycles. The highest BCUT2D eigenvalue weighted by Gasteiger charge is 2.33. The normalized spacial score (nSPS) is 13.7. The Morgan fingerprint density at radius 3 is 1.22 bits per heavy atom. The van der Waals surface area contributed by atoms with Crippen LogP contribution in [0.25, 0.3) is 66.1 Å². The highest BCUT2D eigenvalue weighted by molar-refractivity contribution is 6.16. The number of aryl methyl sites for hydroxylation is 1. The van der Waals surface area contributed by atoms with Gasteiger partial charge in [-0.05, 0) is 139 Å². The molecule has 30 heteroatoms. The Hall–Kier alpha value is -10.6. The average molecular weight is 1270 g/mol. The van der Waals surface area contributed by atoms with Crippen molar-refractivity contribution in [3.63, 3.8) is 0 Å². The van der Waals surface area contributed by atoms with Crippen LogP contribution >= 0.6 is 11.6 Å². The molecule has 0 atom stereocenters. The van der Waals surface area contributed by atoms with Gasteiger partial charge in [0.2, 0.25) is 17.7 Å². The van der Waals surface area contributed by atoms with E-state index in [2.05, 4.69) is 88.1 Å². The molecule has 91 heavy (non-hydrogen) atoms. The molecule has 3 fully saturated rings. The molecule has 1 N–H and O–H groups in total. The SMILES string of the molecule is C.Cc1ccc(-c2ccc3nn[nH]c(=O)c3c2)cc1.ClCc1noc(C2CC2)n1.O=c1c2cc(-c3ccc(OC(F)(F)F)cc3)ccc2nnn1Cc1noc(C2CC2)n1.O=c1c2cc(-c3ccc(OC(F)(F)F)cc3)ccc2nnn1Cc1noc(C2CC2)n1. The van der Waals surface area contributed by atoms with Gasteiger partial charge in [-0.3, -0.25) is 14.4 Å². The van der Waals surface area contributed by atoms with E-state index in [1.54, 1.807) is 36.4 Å². The first-order valence-corrected chi connectivity index (χ1v) is 28.3. The van der Waals surface area contributed by atoms with Crippen molar-refractivity contribution in [1.29, 1.82) is 0 Å². The van der Waals surface area contributed by atoms with Crippen molar-refractivity contribution < 1.29 is 49.4 Å². The van der Waals surface area contributed by atoms with Crippen molar-refractivity contribution in [3.8, 4) is 44.9 Å². The molecule has 12 aromatic rings. The molecule has 15 rings (SSSR count). The summed E-state index contributed by atoms with van der Waals surface area (Å²) >= 11 is 5.48. The number of aromatic nitrogens is 15. The number of halogens is 7. The van der Waals surface area contributed by atoms with Gasteiger partial charge in [0, 0.05) is 17.8 Å². The van der Waals surface area contributed by atoms with E-state index in [9.17, 15) is 40.7 Å². The van der Waals surface area contributed by atoms with Crippen molar-refractivity contribution in [2.45, 2.75) is 102 Å². The first-order valence-electron chi connectivity index (χ1n) is 27.8. The summed E-state index contributed by atoms with van der Waals surface area (Å²) in [7, 11) is 0. The van der Waals surface area contributed by atoms with Crippen molar-refractivity contribution in [2.24, 2.45) is 0 Å². The second-order valence-electron chi connectivity index (χ2n) is 21.1. The number of benzene rings is 6. The zero-order chi connectivity index (χ0) is 62.7. The van der Waals surface area contributed by atoms with E-state index in [1.807, 2.05) is 37.3 Å². The Labute approximate surface area is 514 Å². The van der Waals surface area contributed by atoms with Gasteiger partial charge in [0.15, 0.2) is 17.5 Å². The third-order valence-corrected chi connectivity index (χ3v) is 14.4. The number of ether oxygens (including phenoxy) is 2. The lowest BCUT2D eigenvalue weighted by atomic mass is 10.0. The van der Waals surface area contributed by atoms with Gasteiger partial charge >= 0.3 is 12.7 Å². The Kier molecular flexibility index (Phi) is 17.9. The standard InChI is InChI=1S/2C20H14F3N5O3.C14H11N3O.C6H7ClN2O.CH4/c2*21-20(22,23)30-14-6-3-11(4-7-14)13-5-8-16-15(9-13)19(29)28(27-25-16)10-17-24-18(31-26-17)12-1-2-12;1-9-2-4-10(5-3-9)11-6-7-13-12(8-11)14(18)16-17-15-13;7-3-5-8-6(10-9-5)4-1-2-4;/h2*3-9,12H,1-2,10H2;2-8H,1H3,(H,15,16,18);4H,1-3H2;1H4. The zero-order valence-corrected chi connectivity index (χ0v) is 47.6. The molecule has 3 aliphatic carbocycles. The number of nitrogens with one attached hydrogen (secondary N) is 1. The predicted octanol–water partition coefficient (Wildman–Crippen LogP) is 11.9. The molecule has 23 nitrogen and oxygen atoms in total. The lowest BCUT2D eigenvalue weighted by Crippen LogP contribution is -2.25. The summed E-state index contributed by atoms with van der Waals surface area (Å²) in [5, 5.41) is 38.4. The minimum absolute atomic E-state index is 0. The molecular formula is C61H50ClF6N15O8. The summed E-state index contributed by atoms with van der Waals surface area (Å²) < 4.78 is 99.4. The molecule has 0 unspecified atom stereocenters. The van der Waals surface area contributed by atoms with Crippen LogP contribution in [-0.2, 0) is 19.0 Å². The fourth-order valence-electron chi connectivity index (χ4n) is 9.07. The minimum atomic E-state index is -4.76. The fraction of sp³-hybridized carbons (Fsp3) is 0.262. The molecule has 0 amide bonds. The van der Waals surface area contributed by atoms with E-state index in [0.717, 1.165) is 52.1 Å². The molecule has 0 spiro atoms. The number of rotatable bonds is 13. The van der Waals surface area contributed by atoms with Crippen LogP contribution in [0.5, 0.6) is 11.5 Å². The number of alkyl halides is 7. The van der Waals surface area contributed by atoms with Crippen LogP contribution in [0.15, 0.2) is 155 Å². The topological polar surface area (TPSA) is 289 Å². The van der Waals surface area contributed by atoms with Crippen LogP contribution in [0.1, 0.15) is 104 Å². The van der Waals surface area contributed by atoms with Gasteiger partial charge in [-0.25, -0.2) is 14.5 Å². The van der Waals surface area contributed by atoms with Gasteiger partial charge in [0.05, 0.1) is 22.0 Å². The second-order valence-corrected chi connectivity index (χ2v) is 21.3. The molecule has 0 bridgehead atoms. The van der Waals surface area contributed by atoms with Crippen molar-refractivity contribution in [3.05, 3.63) is 199 Å². The summed E-state index contributed by atoms with van der Waals surface area (Å²) in [5.74, 6) is 4.01. The maximum Gasteiger partial charge on any atom is 0.573 e. The number of hydrogen-bond acceptors (Lipinski definition) is 20. The monoisotopic (exact) mass is 1270 g/mol. The minimum Gasteiger partial charge on any atom is -0.406 e. The molecule has 0 aliphatic heterocycles. The van der Waals surface area contributed by atoms with Crippen molar-refractivity contribution >= 4 is 44.3 Å². The van der Waals surface area contributed by atoms with Gasteiger partial charge in [-0.2, -0.15) is 15.0 Å². The Bertz CT molecular complexity index is 4510. The third-order valence-electron chi connectivity index (χ3n) is 14.2. The molecule has 0 radical (unpaired) electrons. The van der Waals surface area contributed by atoms with Crippen LogP contribution < -0.4 is 26.2 Å². The number of aromatic amines is 1. The summed E-state index contributed by atoms with van der Waals surface area (Å²) in [4.78, 5) is 50.1. The van der Waals surface area contributed by atoms with Gasteiger partial charge < -0.3 is 23.0 Å². The largest absolute Gasteiger partial charge is 0.573 e. The van der Waals surface area contributed by atoms with Crippen LogP contribution in [0, 0.1) is 6.92 Å². The molecule has 466 valence electrons. The highest BCUT2D eigenvalue weighted by Crippen LogP contribution is 2.40. The van der Waals surface area contributed by atoms with Gasteiger partial charge in [-0.1, -0.05) is 111 Å². The van der Waals surface area contributed by atoms with Gasteiger partial charge in [-0.15, -0.1) is 53.2 Å². The van der Waals surface area contributed by atoms with E-state index in [1.165, 1.54) is 66.9 Å². The maximum absolute atomic E-state index is 12.9. The number of nitrogens with zero attached hydrogens (tertiary/aromatic N) is 14. The quantitative estimate of drug-likeness (QED) is 0.0828. The Morgan fingerprint density at radius 2 is 0.846 bits per heavy atom. The molecule has 6 aromatic carbocycles. The van der Waals surface area contributed by atoms with E-state index in [4.69, 9.17) is 25.2 Å². The van der Waals surface area contributed by atoms with Crippen LogP contribution in [0.3, 0.4) is 0 Å². The van der Waals surface area contributed by atoms with E-state index >= 15 is 0 Å². The third kappa shape index (κ3) is 15.6. The molecule has 0 saturated heterocycles. The smallest absolute Gasteiger partial charge is 0.406 e. The summed E-state index contributed by atoms with van der Waals surface area (Å²) in [6.45, 7) is 2.09. The van der Waals surface area contributed by atoms with Crippen LogP contribution in [0.2, 0.25) is 0 Å². The zero-order valence-electron chi connectivity index (χ0n) is 46.9. The highest BCUT2D eigenvalue weighted by atomic mass is 35.5. The molecule has 6 aromatic heterocycles. The molecule has 3 saturated carbocycles. The number of H-pyrrole nitrogens is 1. The average Bonchev–Trinajstić information content (AvgIpc) is 1.93. The van der Waals surface area contributed by atoms with Gasteiger partial charge in [0.1, 0.15) is 41.1 Å². The van der Waals surface area contributed by atoms with Crippen LogP contribution in [-0.4, -0.2) is 88.5 Å². The van der Waals surface area contributed by atoms with Crippen LogP contribution in [0.4, 0.5) is 26.3 Å². The summed E-state index contributed by atoms with van der Waals surface area (Å²) in [6.07, 6.45) is -3.08. The summed E-state index contributed by atoms with van der Waals surface area (Å²) in [6, 6.07) is 34.5. The van der Waals surface area contributed by atoms with E-state index in [-0.39, 0.29) is 48.7 Å².